The predicted molar refractivity (Wildman–Crippen MR) is 151 cm³/mol. The lowest BCUT2D eigenvalue weighted by Crippen LogP contribution is -1.95. The summed E-state index contributed by atoms with van der Waals surface area (Å²) in [5.74, 6) is 0.750. The van der Waals surface area contributed by atoms with Gasteiger partial charge >= 0.3 is 6.01 Å². The fourth-order valence-corrected chi connectivity index (χ4v) is 5.67. The van der Waals surface area contributed by atoms with Crippen LogP contribution >= 0.6 is 0 Å². The maximum Gasteiger partial charge on any atom is 0.307 e. The van der Waals surface area contributed by atoms with Gasteiger partial charge in [-0.15, -0.1) is 0 Å². The van der Waals surface area contributed by atoms with E-state index in [0.29, 0.717) is 6.01 Å². The van der Waals surface area contributed by atoms with Crippen LogP contribution in [0.15, 0.2) is 132 Å². The highest BCUT2D eigenvalue weighted by molar-refractivity contribution is 6.26. The van der Waals surface area contributed by atoms with E-state index in [1.54, 1.807) is 0 Å². The van der Waals surface area contributed by atoms with Crippen LogP contribution in [-0.4, -0.2) is 14.1 Å². The molecule has 0 spiro atoms. The summed E-state index contributed by atoms with van der Waals surface area (Å²) in [5.41, 5.74) is 6.64. The Kier molecular flexibility index (Phi) is 4.19. The molecule has 0 radical (unpaired) electrons. The number of hydrogen-bond donors (Lipinski definition) is 0. The van der Waals surface area contributed by atoms with Crippen LogP contribution in [0.5, 0.6) is 0 Å². The van der Waals surface area contributed by atoms with Crippen molar-refractivity contribution >= 4 is 43.6 Å². The smallest absolute Gasteiger partial charge is 0.307 e. The molecule has 37 heavy (non-hydrogen) atoms. The molecule has 0 bridgehead atoms. The Bertz CT molecular complexity index is 2080. The Hall–Kier alpha value is -5.09. The van der Waals surface area contributed by atoms with Crippen molar-refractivity contribution in [3.63, 3.8) is 0 Å². The van der Waals surface area contributed by atoms with Gasteiger partial charge in [-0.25, -0.2) is 4.98 Å². The van der Waals surface area contributed by atoms with Crippen molar-refractivity contribution in [2.45, 2.75) is 0 Å². The molecule has 0 saturated heterocycles. The van der Waals surface area contributed by atoms with Crippen molar-refractivity contribution in [2.24, 2.45) is 0 Å². The van der Waals surface area contributed by atoms with Crippen LogP contribution in [0.2, 0.25) is 0 Å². The number of aromatic nitrogens is 3. The van der Waals surface area contributed by atoms with Gasteiger partial charge in [0.15, 0.2) is 5.76 Å². The third kappa shape index (κ3) is 2.87. The lowest BCUT2D eigenvalue weighted by atomic mass is 10.1. The summed E-state index contributed by atoms with van der Waals surface area (Å²) in [6, 6.07) is 42.8. The van der Waals surface area contributed by atoms with Gasteiger partial charge in [0.2, 0.25) is 0 Å². The maximum absolute atomic E-state index is 6.43. The summed E-state index contributed by atoms with van der Waals surface area (Å²) in [7, 11) is 0. The van der Waals surface area contributed by atoms with Gasteiger partial charge in [-0.3, -0.25) is 4.57 Å². The van der Waals surface area contributed by atoms with E-state index in [1.807, 2.05) is 36.5 Å². The van der Waals surface area contributed by atoms with Crippen LogP contribution in [0.4, 0.5) is 0 Å². The van der Waals surface area contributed by atoms with Gasteiger partial charge in [-0.05, 0) is 30.3 Å². The maximum atomic E-state index is 6.43. The summed E-state index contributed by atoms with van der Waals surface area (Å²) in [4.78, 5) is 4.78. The van der Waals surface area contributed by atoms with Gasteiger partial charge in [0.05, 0.1) is 28.3 Å². The molecule has 0 N–H and O–H groups in total. The highest BCUT2D eigenvalue weighted by atomic mass is 16.4. The third-order valence-electron chi connectivity index (χ3n) is 7.23. The second-order valence-corrected chi connectivity index (χ2v) is 9.27. The molecular weight excluding hydrogens is 454 g/mol. The van der Waals surface area contributed by atoms with Gasteiger partial charge in [-0.2, -0.15) is 0 Å². The largest absolute Gasteiger partial charge is 0.423 e. The summed E-state index contributed by atoms with van der Waals surface area (Å²) in [5, 5.41) is 4.74. The number of nitrogens with zero attached hydrogens (tertiary/aromatic N) is 3. The summed E-state index contributed by atoms with van der Waals surface area (Å²) < 4.78 is 11.0. The number of hydrogen-bond acceptors (Lipinski definition) is 2. The van der Waals surface area contributed by atoms with Crippen LogP contribution in [0.25, 0.3) is 66.6 Å². The Morgan fingerprint density at radius 3 is 1.95 bits per heavy atom. The van der Waals surface area contributed by atoms with Crippen molar-refractivity contribution in [3.05, 3.63) is 128 Å². The van der Waals surface area contributed by atoms with Crippen molar-refractivity contribution in [1.82, 2.24) is 14.1 Å². The number of fused-ring (bicyclic) bond motifs is 7. The van der Waals surface area contributed by atoms with E-state index in [4.69, 9.17) is 9.40 Å². The molecule has 8 aromatic rings. The monoisotopic (exact) mass is 475 g/mol. The van der Waals surface area contributed by atoms with Gasteiger partial charge in [0, 0.05) is 32.8 Å². The Morgan fingerprint density at radius 2 is 1.16 bits per heavy atom. The molecule has 0 saturated carbocycles. The number of benzene rings is 5. The molecule has 0 fully saturated rings. The minimum Gasteiger partial charge on any atom is -0.423 e. The lowest BCUT2D eigenvalue weighted by molar-refractivity contribution is 0.548. The molecule has 0 atom stereocenters. The summed E-state index contributed by atoms with van der Waals surface area (Å²) >= 11 is 0. The normalized spacial score (nSPS) is 11.8. The van der Waals surface area contributed by atoms with Crippen LogP contribution in [0.1, 0.15) is 0 Å². The molecule has 0 aliphatic carbocycles. The fraction of sp³-hybridized carbons (Fsp3) is 0. The third-order valence-corrected chi connectivity index (χ3v) is 7.23. The van der Waals surface area contributed by atoms with Gasteiger partial charge < -0.3 is 8.98 Å². The number of para-hydroxylation sites is 3. The second kappa shape index (κ2) is 7.70. The Labute approximate surface area is 212 Å². The zero-order chi connectivity index (χ0) is 24.3. The van der Waals surface area contributed by atoms with Crippen LogP contribution in [-0.2, 0) is 0 Å². The summed E-state index contributed by atoms with van der Waals surface area (Å²) in [6.07, 6.45) is 1.82. The first-order chi connectivity index (χ1) is 18.4. The van der Waals surface area contributed by atoms with Crippen molar-refractivity contribution in [3.8, 4) is 23.0 Å². The molecule has 4 heteroatoms. The average Bonchev–Trinajstić information content (AvgIpc) is 3.66. The molecule has 0 aliphatic heterocycles. The average molecular weight is 476 g/mol. The van der Waals surface area contributed by atoms with E-state index < -0.39 is 0 Å². The van der Waals surface area contributed by atoms with Crippen molar-refractivity contribution < 1.29 is 4.42 Å². The Balaban J connectivity index is 1.54. The quantitative estimate of drug-likeness (QED) is 0.257. The van der Waals surface area contributed by atoms with Crippen LogP contribution in [0, 0.1) is 0 Å². The Morgan fingerprint density at radius 1 is 0.514 bits per heavy atom. The summed E-state index contributed by atoms with van der Waals surface area (Å²) in [6.45, 7) is 0. The molecule has 0 unspecified atom stereocenters. The van der Waals surface area contributed by atoms with Gasteiger partial charge in [0.25, 0.3) is 0 Å². The predicted octanol–water partition coefficient (Wildman–Crippen LogP) is 8.54. The van der Waals surface area contributed by atoms with E-state index in [9.17, 15) is 0 Å². The zero-order valence-electron chi connectivity index (χ0n) is 19.9. The molecule has 4 nitrogen and oxygen atoms in total. The van der Waals surface area contributed by atoms with E-state index in [0.717, 1.165) is 33.6 Å². The van der Waals surface area contributed by atoms with Crippen molar-refractivity contribution in [1.29, 1.82) is 0 Å². The molecule has 3 aromatic heterocycles. The van der Waals surface area contributed by atoms with E-state index in [-0.39, 0.29) is 0 Å². The molecule has 8 rings (SSSR count). The topological polar surface area (TPSA) is 35.9 Å². The SMILES string of the molecule is c1ccc(-c2cnc(-n3c4ccccc4c4ccc5c(c6ccccc6n5-c5ccccc5)c43)o2)cc1. The van der Waals surface area contributed by atoms with E-state index >= 15 is 0 Å². The molecule has 5 aromatic carbocycles. The van der Waals surface area contributed by atoms with E-state index in [2.05, 4.69) is 100 Å². The van der Waals surface area contributed by atoms with E-state index in [1.165, 1.54) is 27.1 Å². The first-order valence-electron chi connectivity index (χ1n) is 12.4. The first-order valence-corrected chi connectivity index (χ1v) is 12.4. The number of oxazole rings is 1. The molecule has 3 heterocycles. The first kappa shape index (κ1) is 20.1. The molecule has 174 valence electrons. The zero-order valence-corrected chi connectivity index (χ0v) is 19.9. The van der Waals surface area contributed by atoms with Crippen LogP contribution < -0.4 is 0 Å². The van der Waals surface area contributed by atoms with Crippen LogP contribution in [0.3, 0.4) is 0 Å². The minimum absolute atomic E-state index is 0.564. The fourth-order valence-electron chi connectivity index (χ4n) is 5.67. The number of rotatable bonds is 3. The standard InChI is InChI=1S/C33H21N3O/c1-3-11-22(12-4-1)30-21-34-33(37-30)36-27-17-9-7-15-24(27)25-19-20-29-31(32(25)36)26-16-8-10-18-28(26)35(29)23-13-5-2-6-14-23/h1-21H. The highest BCUT2D eigenvalue weighted by Gasteiger charge is 2.22. The lowest BCUT2D eigenvalue weighted by Gasteiger charge is -2.08. The second-order valence-electron chi connectivity index (χ2n) is 9.27. The van der Waals surface area contributed by atoms with Gasteiger partial charge in [0.1, 0.15) is 0 Å². The molecular formula is C33H21N3O. The van der Waals surface area contributed by atoms with Crippen molar-refractivity contribution in [2.75, 3.05) is 0 Å². The molecule has 0 amide bonds. The molecule has 0 aliphatic rings. The highest BCUT2D eigenvalue weighted by Crippen LogP contribution is 2.41. The van der Waals surface area contributed by atoms with Gasteiger partial charge in [-0.1, -0.05) is 91.0 Å². The minimum atomic E-state index is 0.564.